The summed E-state index contributed by atoms with van der Waals surface area (Å²) in [4.78, 5) is 0. The number of hydrogen-bond acceptors (Lipinski definition) is 2. The van der Waals surface area contributed by atoms with Gasteiger partial charge in [-0.15, -0.1) is 0 Å². The lowest BCUT2D eigenvalue weighted by molar-refractivity contribution is 0.0930. The van der Waals surface area contributed by atoms with Gasteiger partial charge >= 0.3 is 0 Å². The second kappa shape index (κ2) is 4.50. The highest BCUT2D eigenvalue weighted by molar-refractivity contribution is 5.35. The average molecular weight is 255 g/mol. The number of hydrogen-bond donors (Lipinski definition) is 1. The highest BCUT2D eigenvalue weighted by Crippen LogP contribution is 2.42. The number of nitrogens with one attached hydrogen (secondary N) is 1. The molecular weight excluding hydrogens is 236 g/mol. The summed E-state index contributed by atoms with van der Waals surface area (Å²) in [7, 11) is 1.42. The lowest BCUT2D eigenvalue weighted by Gasteiger charge is -2.37. The van der Waals surface area contributed by atoms with Crippen LogP contribution in [0.25, 0.3) is 0 Å². The maximum atomic E-state index is 14.9. The normalized spacial score (nSPS) is 24.3. The van der Waals surface area contributed by atoms with Crippen LogP contribution in [0.1, 0.15) is 25.8 Å². The van der Waals surface area contributed by atoms with E-state index in [9.17, 15) is 8.78 Å². The first-order chi connectivity index (χ1) is 8.40. The Balaban J connectivity index is 2.37. The van der Waals surface area contributed by atoms with Crippen molar-refractivity contribution in [2.75, 3.05) is 20.2 Å². The van der Waals surface area contributed by atoms with Gasteiger partial charge in [0.2, 0.25) is 0 Å². The summed E-state index contributed by atoms with van der Waals surface area (Å²) in [6.45, 7) is 4.62. The molecule has 0 spiro atoms. The number of rotatable bonds is 3. The highest BCUT2D eigenvalue weighted by atomic mass is 19.1. The molecule has 1 atom stereocenters. The first-order valence-electron chi connectivity index (χ1n) is 6.14. The zero-order valence-corrected chi connectivity index (χ0v) is 11.0. The van der Waals surface area contributed by atoms with Crippen LogP contribution in [0.5, 0.6) is 5.75 Å². The molecule has 18 heavy (non-hydrogen) atoms. The first kappa shape index (κ1) is 13.3. The van der Waals surface area contributed by atoms with Crippen LogP contribution < -0.4 is 10.1 Å². The van der Waals surface area contributed by atoms with E-state index in [2.05, 4.69) is 5.32 Å². The molecule has 2 nitrogen and oxygen atoms in total. The van der Waals surface area contributed by atoms with Crippen LogP contribution in [0, 0.1) is 5.82 Å². The molecule has 1 saturated heterocycles. The van der Waals surface area contributed by atoms with Gasteiger partial charge in [-0.3, -0.25) is 0 Å². The Morgan fingerprint density at radius 2 is 2.11 bits per heavy atom. The van der Waals surface area contributed by atoms with Crippen LogP contribution in [-0.2, 0) is 5.41 Å². The maximum absolute atomic E-state index is 14.9. The Hall–Kier alpha value is -1.16. The molecule has 1 fully saturated rings. The predicted molar refractivity (Wildman–Crippen MR) is 67.3 cm³/mol. The minimum atomic E-state index is -1.34. The van der Waals surface area contributed by atoms with Gasteiger partial charge < -0.3 is 10.1 Å². The van der Waals surface area contributed by atoms with Crippen molar-refractivity contribution in [3.05, 3.63) is 29.6 Å². The minimum Gasteiger partial charge on any atom is -0.494 e. The number of alkyl halides is 1. The van der Waals surface area contributed by atoms with Crippen molar-refractivity contribution in [2.45, 2.75) is 31.4 Å². The van der Waals surface area contributed by atoms with Gasteiger partial charge in [-0.05, 0) is 30.7 Å². The van der Waals surface area contributed by atoms with Gasteiger partial charge in [0.15, 0.2) is 11.6 Å². The third-order valence-electron chi connectivity index (χ3n) is 4.10. The fraction of sp³-hybridized carbons (Fsp3) is 0.571. The van der Waals surface area contributed by atoms with E-state index in [1.165, 1.54) is 13.2 Å². The zero-order chi connectivity index (χ0) is 13.4. The molecule has 0 amide bonds. The van der Waals surface area contributed by atoms with E-state index in [-0.39, 0.29) is 5.75 Å². The molecule has 0 aliphatic carbocycles. The largest absolute Gasteiger partial charge is 0.494 e. The second-order valence-corrected chi connectivity index (χ2v) is 5.37. The summed E-state index contributed by atoms with van der Waals surface area (Å²) >= 11 is 0. The van der Waals surface area contributed by atoms with Gasteiger partial charge in [0.25, 0.3) is 0 Å². The first-order valence-corrected chi connectivity index (χ1v) is 6.14. The fourth-order valence-electron chi connectivity index (χ4n) is 2.51. The lowest BCUT2D eigenvalue weighted by Crippen LogP contribution is -2.45. The smallest absolute Gasteiger partial charge is 0.165 e. The molecule has 1 aromatic carbocycles. The van der Waals surface area contributed by atoms with Crippen molar-refractivity contribution < 1.29 is 13.5 Å². The summed E-state index contributed by atoms with van der Waals surface area (Å²) in [5.41, 5.74) is -1.41. The second-order valence-electron chi connectivity index (χ2n) is 5.37. The summed E-state index contributed by atoms with van der Waals surface area (Å²) in [6.07, 6.45) is 0.452. The molecule has 1 aliphatic heterocycles. The van der Waals surface area contributed by atoms with Gasteiger partial charge in [-0.2, -0.15) is 0 Å². The Labute approximate surface area is 106 Å². The van der Waals surface area contributed by atoms with Gasteiger partial charge in [0.1, 0.15) is 5.67 Å². The van der Waals surface area contributed by atoms with Crippen LogP contribution in [0.15, 0.2) is 18.2 Å². The molecule has 0 bridgehead atoms. The van der Waals surface area contributed by atoms with Crippen molar-refractivity contribution in [3.63, 3.8) is 0 Å². The third kappa shape index (κ3) is 1.99. The SMILES string of the molecule is COc1ccc(C(C)(C)[C@]2(F)CCNC2)cc1F. The summed E-state index contributed by atoms with van der Waals surface area (Å²) in [5, 5.41) is 3.03. The van der Waals surface area contributed by atoms with E-state index in [4.69, 9.17) is 4.74 Å². The van der Waals surface area contributed by atoms with E-state index >= 15 is 0 Å². The molecular formula is C14H19F2NO. The molecule has 100 valence electrons. The number of methoxy groups -OCH3 is 1. The van der Waals surface area contributed by atoms with Crippen LogP contribution in [0.3, 0.4) is 0 Å². The molecule has 0 radical (unpaired) electrons. The fourth-order valence-corrected chi connectivity index (χ4v) is 2.51. The Bertz CT molecular complexity index is 439. The van der Waals surface area contributed by atoms with Crippen molar-refractivity contribution in [3.8, 4) is 5.75 Å². The summed E-state index contributed by atoms with van der Waals surface area (Å²) < 4.78 is 33.5. The monoisotopic (exact) mass is 255 g/mol. The van der Waals surface area contributed by atoms with Crippen LogP contribution >= 0.6 is 0 Å². The zero-order valence-electron chi connectivity index (χ0n) is 11.0. The van der Waals surface area contributed by atoms with Gasteiger partial charge in [0.05, 0.1) is 7.11 Å². The molecule has 0 saturated carbocycles. The molecule has 1 aliphatic rings. The van der Waals surface area contributed by atoms with Crippen molar-refractivity contribution >= 4 is 0 Å². The lowest BCUT2D eigenvalue weighted by atomic mass is 9.70. The summed E-state index contributed by atoms with van der Waals surface area (Å²) in [5.74, 6) is -0.260. The van der Waals surface area contributed by atoms with Crippen molar-refractivity contribution in [2.24, 2.45) is 0 Å². The molecule has 0 unspecified atom stereocenters. The molecule has 1 N–H and O–H groups in total. The number of halogens is 2. The van der Waals surface area contributed by atoms with E-state index in [0.29, 0.717) is 25.1 Å². The van der Waals surface area contributed by atoms with Crippen LogP contribution in [0.4, 0.5) is 8.78 Å². The van der Waals surface area contributed by atoms with Crippen LogP contribution in [0.2, 0.25) is 0 Å². The van der Waals surface area contributed by atoms with E-state index in [1.807, 2.05) is 13.8 Å². The molecule has 2 rings (SSSR count). The predicted octanol–water partition coefficient (Wildman–Crippen LogP) is 2.81. The van der Waals surface area contributed by atoms with Crippen LogP contribution in [-0.4, -0.2) is 25.9 Å². The maximum Gasteiger partial charge on any atom is 0.165 e. The molecule has 1 heterocycles. The van der Waals surface area contributed by atoms with Gasteiger partial charge in [-0.25, -0.2) is 8.78 Å². The van der Waals surface area contributed by atoms with E-state index < -0.39 is 16.9 Å². The van der Waals surface area contributed by atoms with E-state index in [1.54, 1.807) is 12.1 Å². The molecule has 4 heteroatoms. The Morgan fingerprint density at radius 3 is 2.61 bits per heavy atom. The van der Waals surface area contributed by atoms with E-state index in [0.717, 1.165) is 0 Å². The topological polar surface area (TPSA) is 21.3 Å². The quantitative estimate of drug-likeness (QED) is 0.896. The molecule has 1 aromatic rings. The Kier molecular flexibility index (Phi) is 3.32. The van der Waals surface area contributed by atoms with Gasteiger partial charge in [0, 0.05) is 12.0 Å². The van der Waals surface area contributed by atoms with Crippen molar-refractivity contribution in [1.82, 2.24) is 5.32 Å². The minimum absolute atomic E-state index is 0.187. The third-order valence-corrected chi connectivity index (χ3v) is 4.10. The van der Waals surface area contributed by atoms with Gasteiger partial charge in [-0.1, -0.05) is 19.9 Å². The Morgan fingerprint density at radius 1 is 1.39 bits per heavy atom. The standard InChI is InChI=1S/C14H19F2NO/c1-13(2,14(16)6-7-17-9-14)10-4-5-12(18-3)11(15)8-10/h4-5,8,17H,6-7,9H2,1-3H3/t14-/m0/s1. The number of benzene rings is 1. The average Bonchev–Trinajstić information content (AvgIpc) is 2.77. The van der Waals surface area contributed by atoms with Crippen molar-refractivity contribution in [1.29, 1.82) is 0 Å². The highest BCUT2D eigenvalue weighted by Gasteiger charge is 2.48. The number of ether oxygens (including phenoxy) is 1. The summed E-state index contributed by atoms with van der Waals surface area (Å²) in [6, 6.07) is 4.66. The molecule has 0 aromatic heterocycles.